The van der Waals surface area contributed by atoms with E-state index in [4.69, 9.17) is 18.9 Å². The van der Waals surface area contributed by atoms with Crippen LogP contribution in [0.4, 0.5) is 5.69 Å². The van der Waals surface area contributed by atoms with Gasteiger partial charge < -0.3 is 24.3 Å². The first-order chi connectivity index (χ1) is 15.9. The van der Waals surface area contributed by atoms with Crippen LogP contribution in [-0.4, -0.2) is 64.3 Å². The maximum atomic E-state index is 12.9. The first-order valence-corrected chi connectivity index (χ1v) is 10.5. The number of hydrogen-bond acceptors (Lipinski definition) is 8. The van der Waals surface area contributed by atoms with Gasteiger partial charge in [0.05, 0.1) is 46.1 Å². The van der Waals surface area contributed by atoms with Crippen LogP contribution in [0.25, 0.3) is 0 Å². The van der Waals surface area contributed by atoms with Crippen molar-refractivity contribution in [3.05, 3.63) is 53.1 Å². The lowest BCUT2D eigenvalue weighted by Gasteiger charge is -2.26. The van der Waals surface area contributed by atoms with Crippen molar-refractivity contribution in [2.75, 3.05) is 46.8 Å². The van der Waals surface area contributed by atoms with Gasteiger partial charge >= 0.3 is 11.9 Å². The molecule has 1 unspecified atom stereocenters. The number of nitrogens with one attached hydrogen (secondary N) is 1. The van der Waals surface area contributed by atoms with Crippen molar-refractivity contribution < 1.29 is 33.3 Å². The number of likely N-dealkylation sites (tertiary alicyclic amines) is 1. The first kappa shape index (κ1) is 24.1. The number of carbonyl (C=O) groups excluding carboxylic acids is 3. The Labute approximate surface area is 192 Å². The summed E-state index contributed by atoms with van der Waals surface area (Å²) in [4.78, 5) is 38.9. The van der Waals surface area contributed by atoms with E-state index in [0.717, 1.165) is 36.4 Å². The van der Waals surface area contributed by atoms with Crippen LogP contribution >= 0.6 is 0 Å². The third-order valence-electron chi connectivity index (χ3n) is 5.57. The molecule has 33 heavy (non-hydrogen) atoms. The molecule has 176 valence electrons. The van der Waals surface area contributed by atoms with E-state index in [-0.39, 0.29) is 29.6 Å². The minimum atomic E-state index is -0.624. The molecular formula is C24H28N2O7. The van der Waals surface area contributed by atoms with Crippen LogP contribution in [0.15, 0.2) is 36.4 Å². The summed E-state index contributed by atoms with van der Waals surface area (Å²) in [5.41, 5.74) is 1.53. The Bertz CT molecular complexity index is 1000. The molecule has 1 saturated heterocycles. The van der Waals surface area contributed by atoms with Gasteiger partial charge in [0.1, 0.15) is 11.5 Å². The van der Waals surface area contributed by atoms with Gasteiger partial charge in [0.15, 0.2) is 0 Å². The van der Waals surface area contributed by atoms with Crippen LogP contribution < -0.4 is 14.8 Å². The van der Waals surface area contributed by atoms with E-state index in [0.29, 0.717) is 5.69 Å². The molecule has 0 saturated carbocycles. The van der Waals surface area contributed by atoms with Crippen LogP contribution in [0.3, 0.4) is 0 Å². The number of carbonyl (C=O) groups is 3. The minimum Gasteiger partial charge on any atom is -0.497 e. The van der Waals surface area contributed by atoms with E-state index in [1.807, 2.05) is 18.2 Å². The third kappa shape index (κ3) is 5.61. The molecule has 0 bridgehead atoms. The second kappa shape index (κ2) is 10.8. The van der Waals surface area contributed by atoms with Crippen molar-refractivity contribution in [1.82, 2.24) is 4.90 Å². The zero-order valence-electron chi connectivity index (χ0n) is 19.2. The Morgan fingerprint density at radius 2 is 1.61 bits per heavy atom. The molecule has 2 aromatic carbocycles. The summed E-state index contributed by atoms with van der Waals surface area (Å²) in [5, 5.41) is 2.78. The molecule has 3 rings (SSSR count). The molecule has 0 radical (unpaired) electrons. The summed E-state index contributed by atoms with van der Waals surface area (Å²) in [6.45, 7) is 0.870. The van der Waals surface area contributed by atoms with Crippen molar-refractivity contribution in [3.63, 3.8) is 0 Å². The van der Waals surface area contributed by atoms with E-state index in [2.05, 4.69) is 10.2 Å². The van der Waals surface area contributed by atoms with Crippen molar-refractivity contribution in [2.24, 2.45) is 0 Å². The Morgan fingerprint density at radius 3 is 2.18 bits per heavy atom. The van der Waals surface area contributed by atoms with E-state index in [1.165, 1.54) is 32.4 Å². The van der Waals surface area contributed by atoms with Crippen molar-refractivity contribution >= 4 is 23.5 Å². The van der Waals surface area contributed by atoms with Crippen LogP contribution in [-0.2, 0) is 14.3 Å². The second-order valence-corrected chi connectivity index (χ2v) is 7.57. The molecule has 1 aliphatic heterocycles. The average Bonchev–Trinajstić information content (AvgIpc) is 3.29. The van der Waals surface area contributed by atoms with E-state index >= 15 is 0 Å². The summed E-state index contributed by atoms with van der Waals surface area (Å²) in [6, 6.07) is 9.90. The molecule has 2 aromatic rings. The number of benzene rings is 2. The molecule has 1 N–H and O–H groups in total. The van der Waals surface area contributed by atoms with Crippen molar-refractivity contribution in [1.29, 1.82) is 0 Å². The maximum Gasteiger partial charge on any atom is 0.337 e. The zero-order chi connectivity index (χ0) is 24.0. The molecule has 0 aliphatic carbocycles. The largest absolute Gasteiger partial charge is 0.497 e. The number of amides is 1. The van der Waals surface area contributed by atoms with E-state index in [9.17, 15) is 14.4 Å². The molecule has 1 atom stereocenters. The minimum absolute atomic E-state index is 0.00664. The lowest BCUT2D eigenvalue weighted by Crippen LogP contribution is -2.33. The smallest absolute Gasteiger partial charge is 0.337 e. The van der Waals surface area contributed by atoms with Gasteiger partial charge in [-0.25, -0.2) is 9.59 Å². The molecule has 1 aliphatic rings. The Hall–Kier alpha value is -3.59. The summed E-state index contributed by atoms with van der Waals surface area (Å²) in [7, 11) is 5.71. The van der Waals surface area contributed by atoms with Gasteiger partial charge in [-0.3, -0.25) is 9.69 Å². The standard InChI is InChI=1S/C24H28N2O7/c1-30-18-7-8-21(31-2)19(13-18)20-6-5-9-26(20)14-22(27)25-17-11-15(23(28)32-3)10-16(12-17)24(29)33-4/h7-8,10-13,20H,5-6,9,14H2,1-4H3,(H,25,27). The number of esters is 2. The highest BCUT2D eigenvalue weighted by Gasteiger charge is 2.30. The van der Waals surface area contributed by atoms with Gasteiger partial charge in [0.2, 0.25) is 5.91 Å². The lowest BCUT2D eigenvalue weighted by molar-refractivity contribution is -0.117. The normalized spacial score (nSPS) is 15.6. The van der Waals surface area contributed by atoms with Gasteiger partial charge in [-0.2, -0.15) is 0 Å². The van der Waals surface area contributed by atoms with Crippen molar-refractivity contribution in [3.8, 4) is 11.5 Å². The molecule has 0 spiro atoms. The monoisotopic (exact) mass is 456 g/mol. The summed E-state index contributed by atoms with van der Waals surface area (Å²) in [5.74, 6) is -0.0674. The highest BCUT2D eigenvalue weighted by molar-refractivity contribution is 5.99. The highest BCUT2D eigenvalue weighted by atomic mass is 16.5. The van der Waals surface area contributed by atoms with Gasteiger partial charge in [-0.1, -0.05) is 0 Å². The molecule has 1 heterocycles. The van der Waals surface area contributed by atoms with Crippen molar-refractivity contribution in [2.45, 2.75) is 18.9 Å². The van der Waals surface area contributed by atoms with Gasteiger partial charge in [0, 0.05) is 17.3 Å². The number of anilines is 1. The predicted molar refractivity (Wildman–Crippen MR) is 121 cm³/mol. The van der Waals surface area contributed by atoms with Gasteiger partial charge in [-0.15, -0.1) is 0 Å². The van der Waals surface area contributed by atoms with Gasteiger partial charge in [-0.05, 0) is 55.8 Å². The molecule has 0 aromatic heterocycles. The van der Waals surface area contributed by atoms with Crippen LogP contribution in [0.5, 0.6) is 11.5 Å². The Kier molecular flexibility index (Phi) is 7.89. The van der Waals surface area contributed by atoms with Gasteiger partial charge in [0.25, 0.3) is 0 Å². The fraction of sp³-hybridized carbons (Fsp3) is 0.375. The molecule has 1 amide bonds. The number of nitrogens with zero attached hydrogens (tertiary/aromatic N) is 1. The molecule has 9 nitrogen and oxygen atoms in total. The quantitative estimate of drug-likeness (QED) is 0.605. The number of ether oxygens (including phenoxy) is 4. The fourth-order valence-electron chi connectivity index (χ4n) is 4.02. The molecule has 1 fully saturated rings. The molecular weight excluding hydrogens is 428 g/mol. The average molecular weight is 456 g/mol. The van der Waals surface area contributed by atoms with Crippen LogP contribution in [0.2, 0.25) is 0 Å². The Balaban J connectivity index is 1.79. The number of rotatable bonds is 8. The lowest BCUT2D eigenvalue weighted by atomic mass is 10.0. The summed E-state index contributed by atoms with van der Waals surface area (Å²) in [6.07, 6.45) is 1.81. The number of methoxy groups -OCH3 is 4. The number of hydrogen-bond donors (Lipinski definition) is 1. The van der Waals surface area contributed by atoms with Crippen LogP contribution in [0, 0.1) is 0 Å². The topological polar surface area (TPSA) is 103 Å². The van der Waals surface area contributed by atoms with Crippen LogP contribution in [0.1, 0.15) is 45.2 Å². The molecule has 9 heteroatoms. The maximum absolute atomic E-state index is 12.9. The van der Waals surface area contributed by atoms with E-state index in [1.54, 1.807) is 14.2 Å². The van der Waals surface area contributed by atoms with E-state index < -0.39 is 11.9 Å². The SMILES string of the molecule is COC(=O)c1cc(NC(=O)CN2CCCC2c2cc(OC)ccc2OC)cc(C(=O)OC)c1. The second-order valence-electron chi connectivity index (χ2n) is 7.57. The third-order valence-corrected chi connectivity index (χ3v) is 5.57. The summed E-state index contributed by atoms with van der Waals surface area (Å²) >= 11 is 0. The predicted octanol–water partition coefficient (Wildman–Crippen LogP) is 3.05. The highest BCUT2D eigenvalue weighted by Crippen LogP contribution is 2.38. The first-order valence-electron chi connectivity index (χ1n) is 10.5. The summed E-state index contributed by atoms with van der Waals surface area (Å²) < 4.78 is 20.4. The Morgan fingerprint density at radius 1 is 0.939 bits per heavy atom. The zero-order valence-corrected chi connectivity index (χ0v) is 19.2. The fourth-order valence-corrected chi connectivity index (χ4v) is 4.02.